The quantitative estimate of drug-likeness (QED) is 0.623. The summed E-state index contributed by atoms with van der Waals surface area (Å²) in [5, 5.41) is 27.3. The summed E-state index contributed by atoms with van der Waals surface area (Å²) in [5.74, 6) is 0.781. The minimum Gasteiger partial charge on any atom is -0.393 e. The maximum atomic E-state index is 10.8. The minimum absolute atomic E-state index is 0.00773. The molecule has 1 aliphatic rings. The Morgan fingerprint density at radius 3 is 2.83 bits per heavy atom. The van der Waals surface area contributed by atoms with E-state index in [1.165, 1.54) is 10.9 Å². The van der Waals surface area contributed by atoms with Crippen LogP contribution in [-0.2, 0) is 7.05 Å². The summed E-state index contributed by atoms with van der Waals surface area (Å²) in [7, 11) is 1.66. The summed E-state index contributed by atoms with van der Waals surface area (Å²) in [6.07, 6.45) is 4.76. The molecule has 2 rings (SSSR count). The molecule has 100 valence electrons. The molecule has 18 heavy (non-hydrogen) atoms. The van der Waals surface area contributed by atoms with Crippen molar-refractivity contribution in [2.45, 2.75) is 31.8 Å². The zero-order chi connectivity index (χ0) is 13.1. The third kappa shape index (κ3) is 2.98. The van der Waals surface area contributed by atoms with Gasteiger partial charge in [0, 0.05) is 13.6 Å². The van der Waals surface area contributed by atoms with Gasteiger partial charge in [0.2, 0.25) is 5.82 Å². The van der Waals surface area contributed by atoms with E-state index < -0.39 is 4.92 Å². The zero-order valence-electron chi connectivity index (χ0n) is 10.4. The molecule has 0 spiro atoms. The van der Waals surface area contributed by atoms with Crippen molar-refractivity contribution in [2.75, 3.05) is 11.9 Å². The molecular formula is C11H18N4O3. The molecule has 1 aromatic rings. The molecule has 0 saturated heterocycles. The average Bonchev–Trinajstić information content (AvgIpc) is 2.70. The van der Waals surface area contributed by atoms with Crippen LogP contribution >= 0.6 is 0 Å². The Hall–Kier alpha value is -1.63. The summed E-state index contributed by atoms with van der Waals surface area (Å²) in [6, 6.07) is 0. The summed E-state index contributed by atoms with van der Waals surface area (Å²) < 4.78 is 1.44. The number of nitrogens with one attached hydrogen (secondary N) is 1. The van der Waals surface area contributed by atoms with Crippen LogP contribution in [-0.4, -0.2) is 32.5 Å². The topological polar surface area (TPSA) is 93.2 Å². The fraction of sp³-hybridized carbons (Fsp3) is 0.727. The Morgan fingerprint density at radius 1 is 1.56 bits per heavy atom. The van der Waals surface area contributed by atoms with Gasteiger partial charge in [0.15, 0.2) is 0 Å². The molecule has 0 unspecified atom stereocenters. The van der Waals surface area contributed by atoms with Crippen LogP contribution in [0.5, 0.6) is 0 Å². The van der Waals surface area contributed by atoms with E-state index in [1.54, 1.807) is 7.05 Å². The van der Waals surface area contributed by atoms with Crippen LogP contribution in [0.3, 0.4) is 0 Å². The van der Waals surface area contributed by atoms with Gasteiger partial charge in [-0.05, 0) is 31.6 Å². The number of aliphatic hydroxyl groups is 1. The summed E-state index contributed by atoms with van der Waals surface area (Å²) in [6.45, 7) is 0.671. The van der Waals surface area contributed by atoms with E-state index in [0.717, 1.165) is 25.7 Å². The zero-order valence-corrected chi connectivity index (χ0v) is 10.4. The van der Waals surface area contributed by atoms with Crippen LogP contribution in [0.2, 0.25) is 0 Å². The highest BCUT2D eigenvalue weighted by Crippen LogP contribution is 2.26. The molecule has 0 amide bonds. The van der Waals surface area contributed by atoms with E-state index in [0.29, 0.717) is 18.3 Å². The first-order chi connectivity index (χ1) is 8.56. The number of nitrogens with zero attached hydrogens (tertiary/aromatic N) is 3. The first-order valence-corrected chi connectivity index (χ1v) is 6.16. The maximum Gasteiger partial charge on any atom is 0.330 e. The Bertz CT molecular complexity index is 424. The first-order valence-electron chi connectivity index (χ1n) is 6.16. The fourth-order valence-corrected chi connectivity index (χ4v) is 2.33. The van der Waals surface area contributed by atoms with Crippen LogP contribution in [0.25, 0.3) is 0 Å². The van der Waals surface area contributed by atoms with Gasteiger partial charge in [-0.3, -0.25) is 14.8 Å². The van der Waals surface area contributed by atoms with Gasteiger partial charge in [0.05, 0.1) is 11.0 Å². The predicted molar refractivity (Wildman–Crippen MR) is 66.3 cm³/mol. The SMILES string of the molecule is Cn1cc([N+](=O)[O-])c(NCC2CCC(O)CC2)n1. The molecule has 1 fully saturated rings. The largest absolute Gasteiger partial charge is 0.393 e. The van der Waals surface area contributed by atoms with Crippen molar-refractivity contribution >= 4 is 11.5 Å². The Balaban J connectivity index is 1.92. The smallest absolute Gasteiger partial charge is 0.330 e. The van der Waals surface area contributed by atoms with Crippen molar-refractivity contribution in [3.63, 3.8) is 0 Å². The molecule has 0 aromatic carbocycles. The van der Waals surface area contributed by atoms with Crippen molar-refractivity contribution in [1.82, 2.24) is 9.78 Å². The molecule has 2 N–H and O–H groups in total. The lowest BCUT2D eigenvalue weighted by Gasteiger charge is -2.25. The number of rotatable bonds is 4. The molecule has 0 atom stereocenters. The summed E-state index contributed by atoms with van der Waals surface area (Å²) >= 11 is 0. The molecule has 7 nitrogen and oxygen atoms in total. The van der Waals surface area contributed by atoms with Gasteiger partial charge in [0.25, 0.3) is 0 Å². The molecule has 0 radical (unpaired) electrons. The van der Waals surface area contributed by atoms with Gasteiger partial charge < -0.3 is 10.4 Å². The Kier molecular flexibility index (Phi) is 3.81. The standard InChI is InChI=1S/C11H18N4O3/c1-14-7-10(15(17)18)11(13-14)12-6-8-2-4-9(16)5-3-8/h7-9,16H,2-6H2,1H3,(H,12,13). The van der Waals surface area contributed by atoms with Crippen molar-refractivity contribution in [3.8, 4) is 0 Å². The van der Waals surface area contributed by atoms with Gasteiger partial charge in [0.1, 0.15) is 6.20 Å². The van der Waals surface area contributed by atoms with Gasteiger partial charge in [-0.25, -0.2) is 0 Å². The normalized spacial score (nSPS) is 23.9. The number of hydrogen-bond donors (Lipinski definition) is 2. The highest BCUT2D eigenvalue weighted by Gasteiger charge is 2.22. The number of aromatic nitrogens is 2. The van der Waals surface area contributed by atoms with Crippen molar-refractivity contribution in [1.29, 1.82) is 0 Å². The van der Waals surface area contributed by atoms with Crippen molar-refractivity contribution in [3.05, 3.63) is 16.3 Å². The van der Waals surface area contributed by atoms with Crippen molar-refractivity contribution < 1.29 is 10.0 Å². The lowest BCUT2D eigenvalue weighted by molar-refractivity contribution is -0.384. The van der Waals surface area contributed by atoms with Crippen LogP contribution in [0.4, 0.5) is 11.5 Å². The number of nitro groups is 1. The van der Waals surface area contributed by atoms with Crippen LogP contribution in [0, 0.1) is 16.0 Å². The van der Waals surface area contributed by atoms with Gasteiger partial charge in [-0.1, -0.05) is 0 Å². The molecule has 0 bridgehead atoms. The highest BCUT2D eigenvalue weighted by molar-refractivity contribution is 5.54. The second kappa shape index (κ2) is 5.34. The Labute approximate surface area is 105 Å². The average molecular weight is 254 g/mol. The summed E-state index contributed by atoms with van der Waals surface area (Å²) in [5.41, 5.74) is 0.00773. The van der Waals surface area contributed by atoms with Gasteiger partial charge in [-0.2, -0.15) is 0 Å². The second-order valence-electron chi connectivity index (χ2n) is 4.85. The van der Waals surface area contributed by atoms with E-state index in [2.05, 4.69) is 10.4 Å². The monoisotopic (exact) mass is 254 g/mol. The lowest BCUT2D eigenvalue weighted by Crippen LogP contribution is -2.23. The lowest BCUT2D eigenvalue weighted by atomic mass is 9.87. The second-order valence-corrected chi connectivity index (χ2v) is 4.85. The fourth-order valence-electron chi connectivity index (χ4n) is 2.33. The van der Waals surface area contributed by atoms with E-state index in [1.807, 2.05) is 0 Å². The molecule has 0 aliphatic heterocycles. The van der Waals surface area contributed by atoms with Crippen molar-refractivity contribution in [2.24, 2.45) is 13.0 Å². The third-order valence-corrected chi connectivity index (χ3v) is 3.38. The predicted octanol–water partition coefficient (Wildman–Crippen LogP) is 1.29. The van der Waals surface area contributed by atoms with Crippen LogP contribution in [0.1, 0.15) is 25.7 Å². The third-order valence-electron chi connectivity index (χ3n) is 3.38. The number of aryl methyl sites for hydroxylation is 1. The maximum absolute atomic E-state index is 10.8. The molecule has 1 aliphatic carbocycles. The van der Waals surface area contributed by atoms with E-state index >= 15 is 0 Å². The molecular weight excluding hydrogens is 236 g/mol. The molecule has 1 saturated carbocycles. The number of anilines is 1. The van der Waals surface area contributed by atoms with E-state index in [4.69, 9.17) is 0 Å². The van der Waals surface area contributed by atoms with Gasteiger partial charge in [-0.15, -0.1) is 5.10 Å². The van der Waals surface area contributed by atoms with Crippen LogP contribution in [0.15, 0.2) is 6.20 Å². The first kappa shape index (κ1) is 12.8. The van der Waals surface area contributed by atoms with E-state index in [9.17, 15) is 15.2 Å². The molecule has 1 aromatic heterocycles. The number of hydrogen-bond acceptors (Lipinski definition) is 5. The molecule has 1 heterocycles. The number of aliphatic hydroxyl groups excluding tert-OH is 1. The highest BCUT2D eigenvalue weighted by atomic mass is 16.6. The Morgan fingerprint density at radius 2 is 2.22 bits per heavy atom. The molecule has 7 heteroatoms. The van der Waals surface area contributed by atoms with Crippen LogP contribution < -0.4 is 5.32 Å². The summed E-state index contributed by atoms with van der Waals surface area (Å²) in [4.78, 5) is 10.4. The van der Waals surface area contributed by atoms with E-state index in [-0.39, 0.29) is 11.8 Å². The minimum atomic E-state index is -0.431. The van der Waals surface area contributed by atoms with Gasteiger partial charge >= 0.3 is 5.69 Å².